The number of sulfonamides is 1. The van der Waals surface area contributed by atoms with Crippen LogP contribution >= 0.6 is 0 Å². The fraction of sp³-hybridized carbons (Fsp3) is 0.333. The van der Waals surface area contributed by atoms with Gasteiger partial charge < -0.3 is 9.73 Å². The standard InChI is InChI=1S/C15H20N2O3S/c1-4-16-10-13-9-15(12(3)20-13)21(18,19)17-14-8-6-5-7-11(14)2/h5-9,16-17H,4,10H2,1-3H3. The molecule has 5 nitrogen and oxygen atoms in total. The molecule has 0 aliphatic rings. The molecule has 0 saturated heterocycles. The third-order valence-corrected chi connectivity index (χ3v) is 4.62. The van der Waals surface area contributed by atoms with Crippen molar-refractivity contribution in [2.45, 2.75) is 32.2 Å². The molecule has 2 rings (SSSR count). The first-order valence-corrected chi connectivity index (χ1v) is 8.31. The lowest BCUT2D eigenvalue weighted by Crippen LogP contribution is -2.14. The third-order valence-electron chi connectivity index (χ3n) is 3.15. The van der Waals surface area contributed by atoms with Crippen molar-refractivity contribution >= 4 is 15.7 Å². The molecule has 6 heteroatoms. The van der Waals surface area contributed by atoms with Crippen LogP contribution in [0.1, 0.15) is 24.0 Å². The fourth-order valence-electron chi connectivity index (χ4n) is 2.01. The van der Waals surface area contributed by atoms with E-state index in [0.29, 0.717) is 23.8 Å². The molecular weight excluding hydrogens is 288 g/mol. The topological polar surface area (TPSA) is 71.3 Å². The Labute approximate surface area is 125 Å². The van der Waals surface area contributed by atoms with Gasteiger partial charge in [-0.2, -0.15) is 0 Å². The molecule has 0 amide bonds. The number of para-hydroxylation sites is 1. The molecule has 1 heterocycles. The number of furan rings is 1. The zero-order valence-corrected chi connectivity index (χ0v) is 13.3. The van der Waals surface area contributed by atoms with E-state index in [0.717, 1.165) is 12.1 Å². The number of rotatable bonds is 6. The van der Waals surface area contributed by atoms with Gasteiger partial charge in [-0.1, -0.05) is 25.1 Å². The van der Waals surface area contributed by atoms with Crippen LogP contribution in [0.3, 0.4) is 0 Å². The van der Waals surface area contributed by atoms with Crippen LogP contribution in [0.2, 0.25) is 0 Å². The quantitative estimate of drug-likeness (QED) is 0.861. The van der Waals surface area contributed by atoms with E-state index in [1.165, 1.54) is 0 Å². The lowest BCUT2D eigenvalue weighted by atomic mass is 10.2. The summed E-state index contributed by atoms with van der Waals surface area (Å²) >= 11 is 0. The van der Waals surface area contributed by atoms with Crippen molar-refractivity contribution in [3.8, 4) is 0 Å². The Morgan fingerprint density at radius 3 is 2.57 bits per heavy atom. The Kier molecular flexibility index (Phi) is 4.69. The van der Waals surface area contributed by atoms with Crippen LogP contribution in [0.15, 0.2) is 39.6 Å². The molecule has 2 N–H and O–H groups in total. The highest BCUT2D eigenvalue weighted by Crippen LogP contribution is 2.24. The van der Waals surface area contributed by atoms with Crippen LogP contribution in [-0.2, 0) is 16.6 Å². The zero-order valence-electron chi connectivity index (χ0n) is 12.4. The van der Waals surface area contributed by atoms with E-state index in [-0.39, 0.29) is 4.90 Å². The Morgan fingerprint density at radius 1 is 1.19 bits per heavy atom. The van der Waals surface area contributed by atoms with Gasteiger partial charge in [0.05, 0.1) is 12.2 Å². The first-order valence-electron chi connectivity index (χ1n) is 6.82. The van der Waals surface area contributed by atoms with Gasteiger partial charge in [-0.3, -0.25) is 4.72 Å². The van der Waals surface area contributed by atoms with Crippen LogP contribution in [0.4, 0.5) is 5.69 Å². The summed E-state index contributed by atoms with van der Waals surface area (Å²) in [6.07, 6.45) is 0. The van der Waals surface area contributed by atoms with Gasteiger partial charge in [-0.15, -0.1) is 0 Å². The van der Waals surface area contributed by atoms with Crippen molar-refractivity contribution in [3.63, 3.8) is 0 Å². The highest BCUT2D eigenvalue weighted by molar-refractivity contribution is 7.92. The summed E-state index contributed by atoms with van der Waals surface area (Å²) in [6.45, 7) is 6.80. The Hall–Kier alpha value is -1.79. The monoisotopic (exact) mass is 308 g/mol. The third kappa shape index (κ3) is 3.65. The Bertz CT molecular complexity index is 720. The highest BCUT2D eigenvalue weighted by Gasteiger charge is 2.21. The van der Waals surface area contributed by atoms with Gasteiger partial charge in [0.25, 0.3) is 10.0 Å². The summed E-state index contributed by atoms with van der Waals surface area (Å²) < 4.78 is 33.0. The molecule has 2 aromatic rings. The Balaban J connectivity index is 2.27. The summed E-state index contributed by atoms with van der Waals surface area (Å²) in [5, 5.41) is 3.11. The maximum Gasteiger partial charge on any atom is 0.265 e. The molecule has 21 heavy (non-hydrogen) atoms. The average Bonchev–Trinajstić information content (AvgIpc) is 2.81. The van der Waals surface area contributed by atoms with Crippen molar-refractivity contribution in [2.24, 2.45) is 0 Å². The van der Waals surface area contributed by atoms with Gasteiger partial charge in [0.15, 0.2) is 0 Å². The molecule has 114 valence electrons. The maximum absolute atomic E-state index is 12.5. The van der Waals surface area contributed by atoms with Crippen molar-refractivity contribution in [1.29, 1.82) is 0 Å². The summed E-state index contributed by atoms with van der Waals surface area (Å²) in [5.74, 6) is 1.00. The summed E-state index contributed by atoms with van der Waals surface area (Å²) in [4.78, 5) is 0.179. The second-order valence-corrected chi connectivity index (χ2v) is 6.48. The fourth-order valence-corrected chi connectivity index (χ4v) is 3.35. The number of hydrogen-bond acceptors (Lipinski definition) is 4. The largest absolute Gasteiger partial charge is 0.464 e. The zero-order chi connectivity index (χ0) is 15.5. The second kappa shape index (κ2) is 6.32. The number of nitrogens with one attached hydrogen (secondary N) is 2. The van der Waals surface area contributed by atoms with Crippen LogP contribution in [0.25, 0.3) is 0 Å². The first kappa shape index (κ1) is 15.6. The summed E-state index contributed by atoms with van der Waals surface area (Å²) in [6, 6.07) is 8.82. The number of aryl methyl sites for hydroxylation is 2. The minimum Gasteiger partial charge on any atom is -0.464 e. The average molecular weight is 308 g/mol. The summed E-state index contributed by atoms with van der Waals surface area (Å²) in [5.41, 5.74) is 1.45. The molecule has 0 fully saturated rings. The van der Waals surface area contributed by atoms with Gasteiger partial charge in [-0.05, 0) is 32.0 Å². The molecular formula is C15H20N2O3S. The molecule has 0 aliphatic carbocycles. The minimum absolute atomic E-state index is 0.179. The molecule has 0 unspecified atom stereocenters. The van der Waals surface area contributed by atoms with Crippen LogP contribution in [0, 0.1) is 13.8 Å². The van der Waals surface area contributed by atoms with Crippen molar-refractivity contribution < 1.29 is 12.8 Å². The smallest absolute Gasteiger partial charge is 0.265 e. The van der Waals surface area contributed by atoms with E-state index in [4.69, 9.17) is 4.42 Å². The van der Waals surface area contributed by atoms with Gasteiger partial charge in [0, 0.05) is 6.07 Å². The molecule has 0 aliphatic heterocycles. The summed E-state index contributed by atoms with van der Waals surface area (Å²) in [7, 11) is -3.64. The molecule has 1 aromatic carbocycles. The van der Waals surface area contributed by atoms with Crippen molar-refractivity contribution in [1.82, 2.24) is 5.32 Å². The van der Waals surface area contributed by atoms with Crippen LogP contribution in [-0.4, -0.2) is 15.0 Å². The van der Waals surface area contributed by atoms with E-state index in [2.05, 4.69) is 10.0 Å². The van der Waals surface area contributed by atoms with Crippen molar-refractivity contribution in [3.05, 3.63) is 47.4 Å². The lowest BCUT2D eigenvalue weighted by Gasteiger charge is -2.09. The predicted octanol–water partition coefficient (Wildman–Crippen LogP) is 2.81. The molecule has 0 spiro atoms. The normalized spacial score (nSPS) is 11.6. The Morgan fingerprint density at radius 2 is 1.90 bits per heavy atom. The molecule has 0 radical (unpaired) electrons. The SMILES string of the molecule is CCNCc1cc(S(=O)(=O)Nc2ccccc2C)c(C)o1. The number of hydrogen-bond donors (Lipinski definition) is 2. The van der Waals surface area contributed by atoms with Crippen LogP contribution < -0.4 is 10.0 Å². The minimum atomic E-state index is -3.64. The van der Waals surface area contributed by atoms with Gasteiger partial charge in [0.2, 0.25) is 0 Å². The maximum atomic E-state index is 12.5. The molecule has 1 aromatic heterocycles. The van der Waals surface area contributed by atoms with Gasteiger partial charge in [0.1, 0.15) is 16.4 Å². The van der Waals surface area contributed by atoms with E-state index in [1.807, 2.05) is 26.0 Å². The first-order chi connectivity index (χ1) is 9.94. The van der Waals surface area contributed by atoms with Crippen LogP contribution in [0.5, 0.6) is 0 Å². The molecule has 0 saturated carbocycles. The van der Waals surface area contributed by atoms with E-state index in [1.54, 1.807) is 25.1 Å². The molecule has 0 atom stereocenters. The number of benzene rings is 1. The lowest BCUT2D eigenvalue weighted by molar-refractivity contribution is 0.460. The van der Waals surface area contributed by atoms with Gasteiger partial charge >= 0.3 is 0 Å². The van der Waals surface area contributed by atoms with Gasteiger partial charge in [-0.25, -0.2) is 8.42 Å². The predicted molar refractivity (Wildman–Crippen MR) is 82.8 cm³/mol. The van der Waals surface area contributed by atoms with E-state index < -0.39 is 10.0 Å². The number of anilines is 1. The highest BCUT2D eigenvalue weighted by atomic mass is 32.2. The van der Waals surface area contributed by atoms with E-state index in [9.17, 15) is 8.42 Å². The van der Waals surface area contributed by atoms with E-state index >= 15 is 0 Å². The van der Waals surface area contributed by atoms with Crippen molar-refractivity contribution in [2.75, 3.05) is 11.3 Å². The second-order valence-electron chi connectivity index (χ2n) is 4.83. The molecule has 0 bridgehead atoms.